The van der Waals surface area contributed by atoms with E-state index in [9.17, 15) is 14.4 Å². The summed E-state index contributed by atoms with van der Waals surface area (Å²) in [6.07, 6.45) is 0.614. The summed E-state index contributed by atoms with van der Waals surface area (Å²) in [7, 11) is 0. The van der Waals surface area contributed by atoms with Crippen molar-refractivity contribution in [2.45, 2.75) is 31.8 Å². The molecule has 0 radical (unpaired) electrons. The second-order valence-electron chi connectivity index (χ2n) is 9.03. The highest BCUT2D eigenvalue weighted by Crippen LogP contribution is 2.44. The Labute approximate surface area is 215 Å². The maximum absolute atomic E-state index is 13.4. The highest BCUT2D eigenvalue weighted by Gasteiger charge is 2.41. The van der Waals surface area contributed by atoms with Gasteiger partial charge in [-0.3, -0.25) is 14.5 Å². The lowest BCUT2D eigenvalue weighted by Gasteiger charge is -2.28. The molecule has 0 saturated carbocycles. The van der Waals surface area contributed by atoms with Crippen LogP contribution in [0.4, 0.5) is 4.79 Å². The Morgan fingerprint density at radius 2 is 1.51 bits per heavy atom. The van der Waals surface area contributed by atoms with Crippen LogP contribution in [0.3, 0.4) is 0 Å². The monoisotopic (exact) mass is 496 g/mol. The summed E-state index contributed by atoms with van der Waals surface area (Å²) in [5.41, 5.74) is 5.21. The Bertz CT molecular complexity index is 1320. The van der Waals surface area contributed by atoms with E-state index in [2.05, 4.69) is 17.4 Å². The van der Waals surface area contributed by atoms with Crippen molar-refractivity contribution in [1.29, 1.82) is 0 Å². The molecule has 7 nitrogen and oxygen atoms in total. The van der Waals surface area contributed by atoms with E-state index in [1.165, 1.54) is 13.0 Å². The quantitative estimate of drug-likeness (QED) is 0.501. The zero-order valence-corrected chi connectivity index (χ0v) is 20.7. The number of nitrogens with one attached hydrogen (secondary N) is 1. The van der Waals surface area contributed by atoms with Gasteiger partial charge in [-0.2, -0.15) is 0 Å². The molecule has 37 heavy (non-hydrogen) atoms. The molecule has 0 unspecified atom stereocenters. The number of carbonyl (C=O) groups is 3. The predicted molar refractivity (Wildman–Crippen MR) is 138 cm³/mol. The minimum absolute atomic E-state index is 0.0928. The first-order chi connectivity index (χ1) is 18.0. The average Bonchev–Trinajstić information content (AvgIpc) is 3.41. The predicted octanol–water partition coefficient (Wildman–Crippen LogP) is 4.94. The van der Waals surface area contributed by atoms with Gasteiger partial charge in [0.2, 0.25) is 0 Å². The molecule has 1 aliphatic carbocycles. The van der Waals surface area contributed by atoms with Gasteiger partial charge in [-0.15, -0.1) is 0 Å². The number of hydrogen-bond acceptors (Lipinski definition) is 5. The lowest BCUT2D eigenvalue weighted by atomic mass is 9.98. The normalized spacial score (nSPS) is 17.0. The smallest absolute Gasteiger partial charge is 0.407 e. The molecule has 2 atom stereocenters. The molecule has 188 valence electrons. The van der Waals surface area contributed by atoms with Gasteiger partial charge in [0.05, 0.1) is 6.61 Å². The lowest BCUT2D eigenvalue weighted by molar-refractivity contribution is -0.144. The Kier molecular flexibility index (Phi) is 6.77. The summed E-state index contributed by atoms with van der Waals surface area (Å²) in [4.78, 5) is 40.0. The lowest BCUT2D eigenvalue weighted by Crippen LogP contribution is -2.48. The van der Waals surface area contributed by atoms with Gasteiger partial charge in [0.25, 0.3) is 11.8 Å². The number of rotatable bonds is 7. The van der Waals surface area contributed by atoms with Gasteiger partial charge in [0.1, 0.15) is 24.4 Å². The molecule has 3 aromatic rings. The maximum atomic E-state index is 13.4. The van der Waals surface area contributed by atoms with Crippen molar-refractivity contribution in [3.63, 3.8) is 0 Å². The van der Waals surface area contributed by atoms with Gasteiger partial charge in [-0.25, -0.2) is 4.79 Å². The summed E-state index contributed by atoms with van der Waals surface area (Å²) in [6, 6.07) is 23.7. The minimum atomic E-state index is -0.986. The third kappa shape index (κ3) is 4.60. The number of hydrogen-bond donors (Lipinski definition) is 1. The molecular formula is C30H28N2O5. The first kappa shape index (κ1) is 24.3. The van der Waals surface area contributed by atoms with Crippen LogP contribution in [0.25, 0.3) is 11.1 Å². The van der Waals surface area contributed by atoms with E-state index in [-0.39, 0.29) is 12.5 Å². The van der Waals surface area contributed by atoms with E-state index < -0.39 is 30.0 Å². The van der Waals surface area contributed by atoms with Gasteiger partial charge in [0.15, 0.2) is 0 Å². The van der Waals surface area contributed by atoms with Gasteiger partial charge in [-0.05, 0) is 41.7 Å². The van der Waals surface area contributed by atoms with Gasteiger partial charge >= 0.3 is 6.09 Å². The molecule has 3 aromatic carbocycles. The number of ether oxygens (including phenoxy) is 2. The molecule has 2 aliphatic rings. The van der Waals surface area contributed by atoms with Crippen LogP contribution in [0.1, 0.15) is 42.5 Å². The second-order valence-corrected chi connectivity index (χ2v) is 9.03. The fourth-order valence-electron chi connectivity index (χ4n) is 5.08. The first-order valence-electron chi connectivity index (χ1n) is 12.4. The van der Waals surface area contributed by atoms with Crippen molar-refractivity contribution in [3.8, 4) is 11.1 Å². The summed E-state index contributed by atoms with van der Waals surface area (Å²) in [5, 5.41) is 2.60. The number of fused-ring (bicyclic) bond motifs is 3. The van der Waals surface area contributed by atoms with E-state index in [4.69, 9.17) is 9.47 Å². The van der Waals surface area contributed by atoms with Crippen molar-refractivity contribution in [2.75, 3.05) is 13.2 Å². The fourth-order valence-corrected chi connectivity index (χ4v) is 5.08. The van der Waals surface area contributed by atoms with Crippen LogP contribution >= 0.6 is 0 Å². The third-order valence-electron chi connectivity index (χ3n) is 6.74. The zero-order valence-electron chi connectivity index (χ0n) is 20.7. The molecule has 5 rings (SSSR count). The Morgan fingerprint density at radius 3 is 2.14 bits per heavy atom. The van der Waals surface area contributed by atoms with Crippen LogP contribution < -0.4 is 5.32 Å². The zero-order chi connectivity index (χ0) is 25.9. The highest BCUT2D eigenvalue weighted by molar-refractivity contribution is 6.06. The molecule has 0 fully saturated rings. The molecule has 0 spiro atoms. The van der Waals surface area contributed by atoms with Gasteiger partial charge < -0.3 is 14.8 Å². The van der Waals surface area contributed by atoms with E-state index in [1.54, 1.807) is 0 Å². The van der Waals surface area contributed by atoms with Crippen LogP contribution in [-0.2, 0) is 19.1 Å². The molecule has 7 heteroatoms. The van der Waals surface area contributed by atoms with E-state index >= 15 is 0 Å². The molecule has 1 aliphatic heterocycles. The molecule has 1 N–H and O–H groups in total. The van der Waals surface area contributed by atoms with Crippen molar-refractivity contribution in [1.82, 2.24) is 10.2 Å². The second kappa shape index (κ2) is 10.3. The molecule has 0 saturated heterocycles. The van der Waals surface area contributed by atoms with Crippen molar-refractivity contribution in [3.05, 3.63) is 107 Å². The van der Waals surface area contributed by atoms with E-state index in [0.29, 0.717) is 12.4 Å². The number of imide groups is 1. The number of nitrogens with zero attached hydrogens (tertiary/aromatic N) is 1. The van der Waals surface area contributed by atoms with Crippen molar-refractivity contribution >= 4 is 17.9 Å². The van der Waals surface area contributed by atoms with Gasteiger partial charge in [0, 0.05) is 12.0 Å². The van der Waals surface area contributed by atoms with Crippen LogP contribution in [0.15, 0.2) is 90.7 Å². The molecule has 3 amide bonds. The van der Waals surface area contributed by atoms with Gasteiger partial charge in [-0.1, -0.05) is 78.9 Å². The Balaban J connectivity index is 1.27. The molecule has 1 heterocycles. The van der Waals surface area contributed by atoms with Crippen LogP contribution in [0, 0.1) is 0 Å². The summed E-state index contributed by atoms with van der Waals surface area (Å²) < 4.78 is 11.2. The van der Waals surface area contributed by atoms with Crippen LogP contribution in [0.5, 0.6) is 0 Å². The Hall–Kier alpha value is -4.39. The highest BCUT2D eigenvalue weighted by atomic mass is 16.5. The first-order valence-corrected chi connectivity index (χ1v) is 12.4. The van der Waals surface area contributed by atoms with Crippen LogP contribution in [0.2, 0.25) is 0 Å². The molecule has 0 bridgehead atoms. The Morgan fingerprint density at radius 1 is 0.919 bits per heavy atom. The van der Waals surface area contributed by atoms with Crippen molar-refractivity contribution in [2.24, 2.45) is 0 Å². The number of amides is 3. The van der Waals surface area contributed by atoms with Crippen molar-refractivity contribution < 1.29 is 23.9 Å². The number of alkyl carbamates (subject to hydrolysis) is 1. The van der Waals surface area contributed by atoms with E-state index in [0.717, 1.165) is 32.7 Å². The maximum Gasteiger partial charge on any atom is 0.407 e. The number of carbonyl (C=O) groups excluding carboxylic acids is 3. The standard InChI is InChI=1S/C30H28N2O5/c1-3-36-26-17-27(33)32(28(26)20-11-5-4-6-12-20)29(34)19(2)31-30(35)37-18-25-23-15-9-7-13-21(23)22-14-8-10-16-24(22)25/h4-17,19,25,28H,3,18H2,1-2H3,(H,31,35)/t19-,28-/m0/s1. The summed E-state index contributed by atoms with van der Waals surface area (Å²) in [5.74, 6) is -0.716. The SMILES string of the molecule is CCOC1=CC(=O)N(C(=O)[C@H](C)NC(=O)OCC2c3ccccc3-c3ccccc32)[C@H]1c1ccccc1. The fraction of sp³-hybridized carbons (Fsp3) is 0.233. The summed E-state index contributed by atoms with van der Waals surface area (Å²) >= 11 is 0. The average molecular weight is 497 g/mol. The molecular weight excluding hydrogens is 468 g/mol. The summed E-state index contributed by atoms with van der Waals surface area (Å²) in [6.45, 7) is 3.85. The topological polar surface area (TPSA) is 84.9 Å². The largest absolute Gasteiger partial charge is 0.495 e. The van der Waals surface area contributed by atoms with Crippen LogP contribution in [-0.4, -0.2) is 42.1 Å². The minimum Gasteiger partial charge on any atom is -0.495 e. The number of benzene rings is 3. The third-order valence-corrected chi connectivity index (χ3v) is 6.74. The molecule has 0 aromatic heterocycles. The van der Waals surface area contributed by atoms with E-state index in [1.807, 2.05) is 73.7 Å².